The van der Waals surface area contributed by atoms with Crippen LogP contribution in [0, 0.1) is 6.92 Å². The van der Waals surface area contributed by atoms with Gasteiger partial charge in [-0.05, 0) is 50.2 Å². The van der Waals surface area contributed by atoms with Crippen LogP contribution in [-0.2, 0) is 11.3 Å². The second kappa shape index (κ2) is 7.91. The zero-order valence-corrected chi connectivity index (χ0v) is 15.2. The van der Waals surface area contributed by atoms with Gasteiger partial charge in [0.1, 0.15) is 17.3 Å². The lowest BCUT2D eigenvalue weighted by atomic mass is 10.3. The molecule has 6 heteroatoms. The van der Waals surface area contributed by atoms with Gasteiger partial charge >= 0.3 is 0 Å². The Morgan fingerprint density at radius 1 is 1.15 bits per heavy atom. The van der Waals surface area contributed by atoms with Crippen LogP contribution in [0.2, 0.25) is 0 Å². The lowest BCUT2D eigenvalue weighted by Gasteiger charge is -2.15. The van der Waals surface area contributed by atoms with E-state index in [-0.39, 0.29) is 5.91 Å². The number of ether oxygens (including phenoxy) is 2. The first-order valence-electron chi connectivity index (χ1n) is 8.59. The van der Waals surface area contributed by atoms with Crippen molar-refractivity contribution in [1.82, 2.24) is 14.9 Å². The number of carbonyl (C=O) groups excluding carboxylic acids is 1. The number of aromatic nitrogens is 2. The first-order valence-corrected chi connectivity index (χ1v) is 8.59. The predicted molar refractivity (Wildman–Crippen MR) is 101 cm³/mol. The number of rotatable bonds is 7. The molecule has 1 unspecified atom stereocenters. The van der Waals surface area contributed by atoms with Crippen LogP contribution in [0.15, 0.2) is 48.5 Å². The van der Waals surface area contributed by atoms with Crippen LogP contribution < -0.4 is 14.8 Å². The van der Waals surface area contributed by atoms with Crippen molar-refractivity contribution in [3.8, 4) is 11.5 Å². The van der Waals surface area contributed by atoms with Gasteiger partial charge in [-0.1, -0.05) is 12.1 Å². The van der Waals surface area contributed by atoms with E-state index in [1.54, 1.807) is 38.3 Å². The smallest absolute Gasteiger partial charge is 0.260 e. The Bertz CT molecular complexity index is 887. The normalized spacial score (nSPS) is 12.0. The number of fused-ring (bicyclic) bond motifs is 1. The number of imidazole rings is 1. The highest BCUT2D eigenvalue weighted by Gasteiger charge is 2.14. The Hall–Kier alpha value is -3.02. The quantitative estimate of drug-likeness (QED) is 0.709. The highest BCUT2D eigenvalue weighted by molar-refractivity contribution is 5.80. The van der Waals surface area contributed by atoms with Crippen molar-refractivity contribution < 1.29 is 14.3 Å². The van der Waals surface area contributed by atoms with E-state index in [1.807, 2.05) is 31.2 Å². The minimum absolute atomic E-state index is 0.150. The second-order valence-electron chi connectivity index (χ2n) is 6.03. The van der Waals surface area contributed by atoms with Gasteiger partial charge in [-0.3, -0.25) is 4.79 Å². The molecule has 0 aliphatic heterocycles. The molecule has 1 aromatic heterocycles. The molecule has 0 aliphatic carbocycles. The zero-order chi connectivity index (χ0) is 18.5. The number of carbonyl (C=O) groups is 1. The summed E-state index contributed by atoms with van der Waals surface area (Å²) in [5.41, 5.74) is 2.04. The van der Waals surface area contributed by atoms with E-state index >= 15 is 0 Å². The fraction of sp³-hybridized carbons (Fsp3) is 0.300. The molecule has 6 nitrogen and oxygen atoms in total. The minimum Gasteiger partial charge on any atom is -0.497 e. The van der Waals surface area contributed by atoms with E-state index < -0.39 is 6.10 Å². The first-order chi connectivity index (χ1) is 12.6. The van der Waals surface area contributed by atoms with Crippen molar-refractivity contribution in [2.24, 2.45) is 0 Å². The van der Waals surface area contributed by atoms with Gasteiger partial charge in [-0.15, -0.1) is 0 Å². The van der Waals surface area contributed by atoms with Gasteiger partial charge in [0.25, 0.3) is 5.91 Å². The molecule has 0 aliphatic rings. The number of benzene rings is 2. The molecule has 0 fully saturated rings. The summed E-state index contributed by atoms with van der Waals surface area (Å²) in [6.45, 7) is 4.87. The van der Waals surface area contributed by atoms with E-state index in [0.717, 1.165) is 22.6 Å². The number of nitrogens with one attached hydrogen (secondary N) is 1. The third-order valence-corrected chi connectivity index (χ3v) is 4.22. The van der Waals surface area contributed by atoms with Crippen molar-refractivity contribution in [3.05, 3.63) is 54.4 Å². The first kappa shape index (κ1) is 17.8. The average molecular weight is 353 g/mol. The Morgan fingerprint density at radius 2 is 1.85 bits per heavy atom. The molecular weight excluding hydrogens is 330 g/mol. The van der Waals surface area contributed by atoms with Crippen molar-refractivity contribution >= 4 is 16.9 Å². The second-order valence-corrected chi connectivity index (χ2v) is 6.03. The fourth-order valence-corrected chi connectivity index (χ4v) is 2.82. The predicted octanol–water partition coefficient (Wildman–Crippen LogP) is 2.94. The summed E-state index contributed by atoms with van der Waals surface area (Å²) in [7, 11) is 1.61. The van der Waals surface area contributed by atoms with Crippen LogP contribution in [0.1, 0.15) is 12.7 Å². The van der Waals surface area contributed by atoms with Crippen molar-refractivity contribution in [2.75, 3.05) is 13.7 Å². The molecule has 1 heterocycles. The van der Waals surface area contributed by atoms with Crippen LogP contribution >= 0.6 is 0 Å². The zero-order valence-electron chi connectivity index (χ0n) is 15.2. The van der Waals surface area contributed by atoms with E-state index in [2.05, 4.69) is 14.9 Å². The van der Waals surface area contributed by atoms with Gasteiger partial charge in [0.2, 0.25) is 0 Å². The van der Waals surface area contributed by atoms with Gasteiger partial charge in [0.05, 0.1) is 18.1 Å². The van der Waals surface area contributed by atoms with Gasteiger partial charge < -0.3 is 19.4 Å². The summed E-state index contributed by atoms with van der Waals surface area (Å²) in [5.74, 6) is 2.16. The Labute approximate surface area is 152 Å². The minimum atomic E-state index is -0.580. The average Bonchev–Trinajstić information content (AvgIpc) is 2.97. The molecule has 3 rings (SSSR count). The largest absolute Gasteiger partial charge is 0.497 e. The summed E-state index contributed by atoms with van der Waals surface area (Å²) in [6, 6.07) is 15.1. The molecule has 0 saturated carbocycles. The fourth-order valence-electron chi connectivity index (χ4n) is 2.82. The molecule has 0 spiro atoms. The molecule has 1 atom stereocenters. The van der Waals surface area contributed by atoms with Crippen molar-refractivity contribution in [1.29, 1.82) is 0 Å². The lowest BCUT2D eigenvalue weighted by molar-refractivity contribution is -0.127. The molecular formula is C20H23N3O3. The maximum Gasteiger partial charge on any atom is 0.260 e. The third kappa shape index (κ3) is 3.96. The standard InChI is InChI=1S/C20H23N3O3/c1-14(26-17-10-8-16(25-3)9-11-17)20(24)21-12-13-23-15(2)22-18-6-4-5-7-19(18)23/h4-11,14H,12-13H2,1-3H3,(H,21,24). The lowest BCUT2D eigenvalue weighted by Crippen LogP contribution is -2.38. The molecule has 26 heavy (non-hydrogen) atoms. The molecule has 1 N–H and O–H groups in total. The van der Waals surface area contributed by atoms with Crippen LogP contribution in [0.5, 0.6) is 11.5 Å². The highest BCUT2D eigenvalue weighted by Crippen LogP contribution is 2.18. The summed E-state index contributed by atoms with van der Waals surface area (Å²) in [4.78, 5) is 16.8. The Morgan fingerprint density at radius 3 is 2.58 bits per heavy atom. The Balaban J connectivity index is 1.53. The van der Waals surface area contributed by atoms with E-state index in [1.165, 1.54) is 0 Å². The molecule has 136 valence electrons. The molecule has 1 amide bonds. The summed E-state index contributed by atoms with van der Waals surface area (Å²) in [6.07, 6.45) is -0.580. The van der Waals surface area contributed by atoms with Gasteiger partial charge in [-0.25, -0.2) is 4.98 Å². The number of nitrogens with zero attached hydrogens (tertiary/aromatic N) is 2. The monoisotopic (exact) mass is 353 g/mol. The Kier molecular flexibility index (Phi) is 5.41. The van der Waals surface area contributed by atoms with E-state index in [0.29, 0.717) is 18.8 Å². The van der Waals surface area contributed by atoms with E-state index in [4.69, 9.17) is 9.47 Å². The van der Waals surface area contributed by atoms with Crippen LogP contribution in [-0.4, -0.2) is 35.2 Å². The number of para-hydroxylation sites is 2. The van der Waals surface area contributed by atoms with Crippen LogP contribution in [0.25, 0.3) is 11.0 Å². The van der Waals surface area contributed by atoms with Crippen LogP contribution in [0.3, 0.4) is 0 Å². The molecule has 3 aromatic rings. The number of hydrogen-bond acceptors (Lipinski definition) is 4. The SMILES string of the molecule is COc1ccc(OC(C)C(=O)NCCn2c(C)nc3ccccc32)cc1. The summed E-state index contributed by atoms with van der Waals surface area (Å²) < 4.78 is 12.9. The topological polar surface area (TPSA) is 65.4 Å². The summed E-state index contributed by atoms with van der Waals surface area (Å²) in [5, 5.41) is 2.92. The van der Waals surface area contributed by atoms with Crippen molar-refractivity contribution in [2.45, 2.75) is 26.5 Å². The molecule has 0 saturated heterocycles. The number of aryl methyl sites for hydroxylation is 1. The van der Waals surface area contributed by atoms with Gasteiger partial charge in [0.15, 0.2) is 6.10 Å². The van der Waals surface area contributed by atoms with E-state index in [9.17, 15) is 4.79 Å². The maximum absolute atomic E-state index is 12.3. The number of methoxy groups -OCH3 is 1. The number of hydrogen-bond donors (Lipinski definition) is 1. The highest BCUT2D eigenvalue weighted by atomic mass is 16.5. The summed E-state index contributed by atoms with van der Waals surface area (Å²) >= 11 is 0. The third-order valence-electron chi connectivity index (χ3n) is 4.22. The molecule has 0 bridgehead atoms. The molecule has 2 aromatic carbocycles. The maximum atomic E-state index is 12.3. The van der Waals surface area contributed by atoms with Crippen LogP contribution in [0.4, 0.5) is 0 Å². The van der Waals surface area contributed by atoms with Gasteiger partial charge in [-0.2, -0.15) is 0 Å². The van der Waals surface area contributed by atoms with Crippen molar-refractivity contribution in [3.63, 3.8) is 0 Å². The van der Waals surface area contributed by atoms with Gasteiger partial charge in [0, 0.05) is 13.1 Å². The number of amides is 1. The molecule has 0 radical (unpaired) electrons.